The first-order valence-electron chi connectivity index (χ1n) is 3.96. The van der Waals surface area contributed by atoms with Gasteiger partial charge in [0.25, 0.3) is 0 Å². The van der Waals surface area contributed by atoms with E-state index in [9.17, 15) is 9.30 Å². The number of ether oxygens (including phenoxy) is 1. The fraction of sp³-hybridized carbons (Fsp3) is 0.333. The van der Waals surface area contributed by atoms with Gasteiger partial charge >= 0.3 is 0 Å². The van der Waals surface area contributed by atoms with Gasteiger partial charge < -0.3 is 4.74 Å². The standard InChI is InChI=1S/C9H10FNO2/c1-2-13-9-4-3-7(6-10)5-8(9)11-12/h3-5H,2,6H2,1H3. The van der Waals surface area contributed by atoms with Crippen LogP contribution in [0, 0.1) is 4.91 Å². The average Bonchev–Trinajstić information content (AvgIpc) is 2.19. The summed E-state index contributed by atoms with van der Waals surface area (Å²) in [4.78, 5) is 10.3. The molecular formula is C9H10FNO2. The molecule has 0 heterocycles. The summed E-state index contributed by atoms with van der Waals surface area (Å²) in [5.41, 5.74) is 0.579. The van der Waals surface area contributed by atoms with Gasteiger partial charge in [-0.25, -0.2) is 4.39 Å². The van der Waals surface area contributed by atoms with Crippen LogP contribution in [0.1, 0.15) is 12.5 Å². The Kier molecular flexibility index (Phi) is 3.37. The van der Waals surface area contributed by atoms with Crippen molar-refractivity contribution < 1.29 is 9.13 Å². The van der Waals surface area contributed by atoms with Gasteiger partial charge in [-0.3, -0.25) is 0 Å². The Hall–Kier alpha value is -1.45. The van der Waals surface area contributed by atoms with Gasteiger partial charge in [0.05, 0.1) is 6.61 Å². The third kappa shape index (κ3) is 2.24. The second-order valence-electron chi connectivity index (χ2n) is 2.46. The zero-order valence-corrected chi connectivity index (χ0v) is 7.29. The second-order valence-corrected chi connectivity index (χ2v) is 2.46. The molecule has 0 radical (unpaired) electrons. The van der Waals surface area contributed by atoms with E-state index >= 15 is 0 Å². The largest absolute Gasteiger partial charge is 0.491 e. The Bertz CT molecular complexity index is 302. The summed E-state index contributed by atoms with van der Waals surface area (Å²) in [6, 6.07) is 4.51. The Balaban J connectivity index is 3.00. The fourth-order valence-corrected chi connectivity index (χ4v) is 0.995. The van der Waals surface area contributed by atoms with Crippen molar-refractivity contribution in [1.82, 2.24) is 0 Å². The normalized spacial score (nSPS) is 9.69. The molecule has 0 aromatic heterocycles. The van der Waals surface area contributed by atoms with E-state index in [-0.39, 0.29) is 5.69 Å². The van der Waals surface area contributed by atoms with Crippen LogP contribution in [0.4, 0.5) is 10.1 Å². The van der Waals surface area contributed by atoms with E-state index in [1.165, 1.54) is 6.07 Å². The van der Waals surface area contributed by atoms with Crippen LogP contribution in [0.2, 0.25) is 0 Å². The minimum absolute atomic E-state index is 0.150. The molecule has 3 nitrogen and oxygen atoms in total. The highest BCUT2D eigenvalue weighted by Crippen LogP contribution is 2.28. The number of hydrogen-bond donors (Lipinski definition) is 0. The summed E-state index contributed by atoms with van der Waals surface area (Å²) in [5, 5.41) is 2.76. The lowest BCUT2D eigenvalue weighted by Gasteiger charge is -2.05. The first-order valence-corrected chi connectivity index (χ1v) is 3.96. The summed E-state index contributed by atoms with van der Waals surface area (Å²) < 4.78 is 17.3. The summed E-state index contributed by atoms with van der Waals surface area (Å²) in [7, 11) is 0. The van der Waals surface area contributed by atoms with E-state index < -0.39 is 6.67 Å². The molecule has 1 aromatic rings. The zero-order valence-electron chi connectivity index (χ0n) is 7.29. The molecular weight excluding hydrogens is 173 g/mol. The van der Waals surface area contributed by atoms with E-state index in [1.807, 2.05) is 0 Å². The maximum atomic E-state index is 12.2. The Morgan fingerprint density at radius 1 is 1.54 bits per heavy atom. The molecule has 0 atom stereocenters. The highest BCUT2D eigenvalue weighted by Gasteiger charge is 2.04. The van der Waals surface area contributed by atoms with Crippen molar-refractivity contribution in [3.8, 4) is 5.75 Å². The fourth-order valence-electron chi connectivity index (χ4n) is 0.995. The van der Waals surface area contributed by atoms with E-state index in [1.54, 1.807) is 19.1 Å². The summed E-state index contributed by atoms with van der Waals surface area (Å²) in [6.45, 7) is 1.66. The van der Waals surface area contributed by atoms with Crippen molar-refractivity contribution >= 4 is 5.69 Å². The summed E-state index contributed by atoms with van der Waals surface area (Å²) >= 11 is 0. The van der Waals surface area contributed by atoms with Gasteiger partial charge in [0.15, 0.2) is 0 Å². The number of alkyl halides is 1. The molecule has 0 saturated heterocycles. The van der Waals surface area contributed by atoms with Crippen LogP contribution in [0.3, 0.4) is 0 Å². The van der Waals surface area contributed by atoms with Crippen LogP contribution in [-0.4, -0.2) is 6.61 Å². The lowest BCUT2D eigenvalue weighted by atomic mass is 10.2. The molecule has 0 aliphatic rings. The molecule has 70 valence electrons. The van der Waals surface area contributed by atoms with Crippen molar-refractivity contribution in [1.29, 1.82) is 0 Å². The van der Waals surface area contributed by atoms with Gasteiger partial charge in [-0.05, 0) is 29.8 Å². The third-order valence-corrected chi connectivity index (χ3v) is 1.58. The van der Waals surface area contributed by atoms with E-state index in [4.69, 9.17) is 4.74 Å². The second kappa shape index (κ2) is 4.54. The van der Waals surface area contributed by atoms with Crippen molar-refractivity contribution in [3.63, 3.8) is 0 Å². The van der Waals surface area contributed by atoms with E-state index in [0.717, 1.165) is 0 Å². The van der Waals surface area contributed by atoms with Gasteiger partial charge in [-0.15, -0.1) is 4.91 Å². The predicted octanol–water partition coefficient (Wildman–Crippen LogP) is 2.95. The number of rotatable bonds is 4. The predicted molar refractivity (Wildman–Crippen MR) is 47.9 cm³/mol. The Labute approximate surface area is 75.5 Å². The van der Waals surface area contributed by atoms with Crippen LogP contribution < -0.4 is 4.74 Å². The molecule has 4 heteroatoms. The Morgan fingerprint density at radius 3 is 2.85 bits per heavy atom. The van der Waals surface area contributed by atoms with Crippen molar-refractivity contribution in [2.45, 2.75) is 13.6 Å². The third-order valence-electron chi connectivity index (χ3n) is 1.58. The molecule has 1 rings (SSSR count). The number of halogens is 1. The molecule has 0 spiro atoms. The molecule has 0 saturated carbocycles. The molecule has 0 bridgehead atoms. The molecule has 0 fully saturated rings. The number of hydrogen-bond acceptors (Lipinski definition) is 3. The van der Waals surface area contributed by atoms with Crippen molar-refractivity contribution in [2.75, 3.05) is 6.61 Å². The zero-order chi connectivity index (χ0) is 9.68. The van der Waals surface area contributed by atoms with Crippen LogP contribution in [-0.2, 0) is 6.67 Å². The minimum Gasteiger partial charge on any atom is -0.491 e. The minimum atomic E-state index is -0.602. The van der Waals surface area contributed by atoms with Crippen LogP contribution in [0.25, 0.3) is 0 Å². The van der Waals surface area contributed by atoms with Crippen molar-refractivity contribution in [3.05, 3.63) is 28.7 Å². The maximum Gasteiger partial charge on any atom is 0.150 e. The Morgan fingerprint density at radius 2 is 2.31 bits per heavy atom. The highest BCUT2D eigenvalue weighted by atomic mass is 19.1. The first kappa shape index (κ1) is 9.64. The quantitative estimate of drug-likeness (QED) is 0.673. The van der Waals surface area contributed by atoms with Crippen LogP contribution in [0.15, 0.2) is 23.4 Å². The molecule has 0 unspecified atom stereocenters. The van der Waals surface area contributed by atoms with E-state index in [0.29, 0.717) is 17.9 Å². The number of nitroso groups, excluding NO2 is 1. The molecule has 1 aromatic carbocycles. The van der Waals surface area contributed by atoms with Crippen LogP contribution in [0.5, 0.6) is 5.75 Å². The summed E-state index contributed by atoms with van der Waals surface area (Å²) in [6.07, 6.45) is 0. The van der Waals surface area contributed by atoms with Crippen molar-refractivity contribution in [2.24, 2.45) is 5.18 Å². The SMILES string of the molecule is CCOc1ccc(CF)cc1N=O. The first-order chi connectivity index (χ1) is 6.31. The average molecular weight is 183 g/mol. The topological polar surface area (TPSA) is 38.7 Å². The summed E-state index contributed by atoms with van der Waals surface area (Å²) in [5.74, 6) is 0.398. The lowest BCUT2D eigenvalue weighted by Crippen LogP contribution is -1.92. The number of nitrogens with zero attached hydrogens (tertiary/aromatic N) is 1. The molecule has 0 aliphatic heterocycles. The van der Waals surface area contributed by atoms with E-state index in [2.05, 4.69) is 5.18 Å². The monoisotopic (exact) mass is 183 g/mol. The molecule has 0 aliphatic carbocycles. The molecule has 0 amide bonds. The molecule has 0 N–H and O–H groups in total. The smallest absolute Gasteiger partial charge is 0.150 e. The highest BCUT2D eigenvalue weighted by molar-refractivity contribution is 5.53. The van der Waals surface area contributed by atoms with Gasteiger partial charge in [-0.2, -0.15) is 0 Å². The lowest BCUT2D eigenvalue weighted by molar-refractivity contribution is 0.341. The van der Waals surface area contributed by atoms with Gasteiger partial charge in [0.1, 0.15) is 18.1 Å². The van der Waals surface area contributed by atoms with Gasteiger partial charge in [0.2, 0.25) is 0 Å². The number of benzene rings is 1. The molecule has 13 heavy (non-hydrogen) atoms. The van der Waals surface area contributed by atoms with Gasteiger partial charge in [-0.1, -0.05) is 6.07 Å². The van der Waals surface area contributed by atoms with Gasteiger partial charge in [0, 0.05) is 0 Å². The van der Waals surface area contributed by atoms with Crippen LogP contribution >= 0.6 is 0 Å². The maximum absolute atomic E-state index is 12.2.